The van der Waals surface area contributed by atoms with Gasteiger partial charge in [-0.05, 0) is 6.92 Å². The SMILES string of the molecule is COC(=O)C1CC(=O)N(c2cc(C)nc(N)n2)C1. The summed E-state index contributed by atoms with van der Waals surface area (Å²) in [6.07, 6.45) is 0.135. The molecule has 1 unspecified atom stereocenters. The fourth-order valence-corrected chi connectivity index (χ4v) is 1.97. The second-order valence-electron chi connectivity index (χ2n) is 4.15. The third-order valence-electron chi connectivity index (χ3n) is 2.79. The Bertz CT molecular complexity index is 483. The van der Waals surface area contributed by atoms with Crippen LogP contribution in [-0.4, -0.2) is 35.5 Å². The summed E-state index contributed by atoms with van der Waals surface area (Å²) in [7, 11) is 1.31. The maximum atomic E-state index is 11.8. The van der Waals surface area contributed by atoms with Gasteiger partial charge in [-0.3, -0.25) is 14.5 Å². The highest BCUT2D eigenvalue weighted by molar-refractivity contribution is 5.98. The molecule has 0 bridgehead atoms. The van der Waals surface area contributed by atoms with Crippen LogP contribution in [0.1, 0.15) is 12.1 Å². The quantitative estimate of drug-likeness (QED) is 0.735. The molecule has 0 aliphatic carbocycles. The number of hydrogen-bond donors (Lipinski definition) is 1. The lowest BCUT2D eigenvalue weighted by molar-refractivity contribution is -0.145. The van der Waals surface area contributed by atoms with Gasteiger partial charge < -0.3 is 10.5 Å². The third-order valence-corrected chi connectivity index (χ3v) is 2.79. The Morgan fingerprint density at radius 2 is 2.28 bits per heavy atom. The van der Waals surface area contributed by atoms with Gasteiger partial charge in [0.1, 0.15) is 5.82 Å². The molecular weight excluding hydrogens is 236 g/mol. The third kappa shape index (κ3) is 2.24. The van der Waals surface area contributed by atoms with Crippen LogP contribution in [-0.2, 0) is 14.3 Å². The fourth-order valence-electron chi connectivity index (χ4n) is 1.97. The number of amides is 1. The highest BCUT2D eigenvalue weighted by Crippen LogP contribution is 2.25. The van der Waals surface area contributed by atoms with E-state index in [1.54, 1.807) is 13.0 Å². The van der Waals surface area contributed by atoms with E-state index in [4.69, 9.17) is 5.73 Å². The number of aryl methyl sites for hydroxylation is 1. The molecule has 7 heteroatoms. The number of anilines is 2. The second kappa shape index (κ2) is 4.59. The van der Waals surface area contributed by atoms with Gasteiger partial charge in [0.25, 0.3) is 0 Å². The number of methoxy groups -OCH3 is 1. The zero-order valence-electron chi connectivity index (χ0n) is 10.2. The van der Waals surface area contributed by atoms with Gasteiger partial charge in [0.15, 0.2) is 0 Å². The summed E-state index contributed by atoms with van der Waals surface area (Å²) in [5, 5.41) is 0. The van der Waals surface area contributed by atoms with Crippen molar-refractivity contribution in [2.45, 2.75) is 13.3 Å². The number of rotatable bonds is 2. The highest BCUT2D eigenvalue weighted by Gasteiger charge is 2.36. The first kappa shape index (κ1) is 12.3. The lowest BCUT2D eigenvalue weighted by Crippen LogP contribution is -2.27. The minimum absolute atomic E-state index is 0.110. The molecule has 1 aromatic heterocycles. The molecule has 0 saturated carbocycles. The van der Waals surface area contributed by atoms with Gasteiger partial charge in [-0.2, -0.15) is 4.98 Å². The number of ether oxygens (including phenoxy) is 1. The van der Waals surface area contributed by atoms with Gasteiger partial charge in [-0.25, -0.2) is 4.98 Å². The van der Waals surface area contributed by atoms with Crippen LogP contribution in [0, 0.1) is 12.8 Å². The van der Waals surface area contributed by atoms with Crippen LogP contribution >= 0.6 is 0 Å². The van der Waals surface area contributed by atoms with Crippen molar-refractivity contribution in [1.82, 2.24) is 9.97 Å². The summed E-state index contributed by atoms with van der Waals surface area (Å²) in [5.74, 6) is -0.456. The molecule has 1 amide bonds. The van der Waals surface area contributed by atoms with Crippen molar-refractivity contribution >= 4 is 23.6 Å². The van der Waals surface area contributed by atoms with E-state index < -0.39 is 5.92 Å². The van der Waals surface area contributed by atoms with Crippen molar-refractivity contribution in [1.29, 1.82) is 0 Å². The maximum Gasteiger partial charge on any atom is 0.311 e. The van der Waals surface area contributed by atoms with Crippen LogP contribution < -0.4 is 10.6 Å². The number of nitrogens with zero attached hydrogens (tertiary/aromatic N) is 3. The van der Waals surface area contributed by atoms with Crippen LogP contribution in [0.5, 0.6) is 0 Å². The molecule has 1 aliphatic rings. The maximum absolute atomic E-state index is 11.8. The minimum atomic E-state index is -0.445. The molecule has 1 atom stereocenters. The number of carbonyl (C=O) groups excluding carboxylic acids is 2. The zero-order chi connectivity index (χ0) is 13.3. The van der Waals surface area contributed by atoms with Gasteiger partial charge in [0.05, 0.1) is 13.0 Å². The molecule has 1 aromatic rings. The van der Waals surface area contributed by atoms with Gasteiger partial charge in [-0.1, -0.05) is 0 Å². The molecule has 2 heterocycles. The molecule has 0 aromatic carbocycles. The molecule has 7 nitrogen and oxygen atoms in total. The summed E-state index contributed by atoms with van der Waals surface area (Å²) >= 11 is 0. The monoisotopic (exact) mass is 250 g/mol. The summed E-state index contributed by atoms with van der Waals surface area (Å²) in [6.45, 7) is 2.03. The van der Waals surface area contributed by atoms with Crippen molar-refractivity contribution < 1.29 is 14.3 Å². The first-order valence-corrected chi connectivity index (χ1v) is 5.50. The number of esters is 1. The average Bonchev–Trinajstić information content (AvgIpc) is 2.69. The van der Waals surface area contributed by atoms with E-state index in [2.05, 4.69) is 14.7 Å². The highest BCUT2D eigenvalue weighted by atomic mass is 16.5. The van der Waals surface area contributed by atoms with Gasteiger partial charge >= 0.3 is 5.97 Å². The molecule has 2 N–H and O–H groups in total. The zero-order valence-corrected chi connectivity index (χ0v) is 10.2. The number of nitrogens with two attached hydrogens (primary N) is 1. The smallest absolute Gasteiger partial charge is 0.311 e. The molecule has 0 spiro atoms. The summed E-state index contributed by atoms with van der Waals surface area (Å²) in [5.41, 5.74) is 6.21. The van der Waals surface area contributed by atoms with Crippen LogP contribution in [0.15, 0.2) is 6.07 Å². The summed E-state index contributed by atoms with van der Waals surface area (Å²) < 4.78 is 4.64. The summed E-state index contributed by atoms with van der Waals surface area (Å²) in [6, 6.07) is 1.66. The standard InChI is InChI=1S/C11H14N4O3/c1-6-3-8(14-11(12)13-6)15-5-7(4-9(15)16)10(17)18-2/h3,7H,4-5H2,1-2H3,(H2,12,13,14). The Balaban J connectivity index is 2.24. The molecular formula is C11H14N4O3. The molecule has 1 aliphatic heterocycles. The van der Waals surface area contributed by atoms with Crippen molar-refractivity contribution in [3.05, 3.63) is 11.8 Å². The van der Waals surface area contributed by atoms with E-state index in [9.17, 15) is 9.59 Å². The molecule has 2 rings (SSSR count). The topological polar surface area (TPSA) is 98.4 Å². The Labute approximate surface area is 104 Å². The first-order valence-electron chi connectivity index (χ1n) is 5.50. The van der Waals surface area contributed by atoms with E-state index in [0.717, 1.165) is 0 Å². The average molecular weight is 250 g/mol. The number of hydrogen-bond acceptors (Lipinski definition) is 6. The van der Waals surface area contributed by atoms with Crippen molar-refractivity contribution in [2.24, 2.45) is 5.92 Å². The minimum Gasteiger partial charge on any atom is -0.469 e. The Morgan fingerprint density at radius 3 is 2.89 bits per heavy atom. The Kier molecular flexibility index (Phi) is 3.14. The normalized spacial score (nSPS) is 19.1. The first-order chi connectivity index (χ1) is 8.51. The van der Waals surface area contributed by atoms with Crippen molar-refractivity contribution in [2.75, 3.05) is 24.3 Å². The van der Waals surface area contributed by atoms with Gasteiger partial charge in [0, 0.05) is 24.7 Å². The summed E-state index contributed by atoms with van der Waals surface area (Å²) in [4.78, 5) is 32.6. The van der Waals surface area contributed by atoms with Crippen molar-refractivity contribution in [3.63, 3.8) is 0 Å². The lowest BCUT2D eigenvalue weighted by Gasteiger charge is -2.15. The van der Waals surface area contributed by atoms with Crippen molar-refractivity contribution in [3.8, 4) is 0 Å². The van der Waals surface area contributed by atoms with E-state index in [1.807, 2.05) is 0 Å². The molecule has 1 fully saturated rings. The van der Waals surface area contributed by atoms with Crippen LogP contribution in [0.2, 0.25) is 0 Å². The number of carbonyl (C=O) groups is 2. The van der Waals surface area contributed by atoms with E-state index >= 15 is 0 Å². The lowest BCUT2D eigenvalue weighted by atomic mass is 10.1. The predicted octanol–water partition coefficient (Wildman–Crippen LogP) is -0.107. The molecule has 18 heavy (non-hydrogen) atoms. The van der Waals surface area contributed by atoms with Crippen LogP contribution in [0.3, 0.4) is 0 Å². The van der Waals surface area contributed by atoms with Crippen LogP contribution in [0.4, 0.5) is 11.8 Å². The van der Waals surface area contributed by atoms with Crippen LogP contribution in [0.25, 0.3) is 0 Å². The van der Waals surface area contributed by atoms with E-state index in [-0.39, 0.29) is 30.8 Å². The largest absolute Gasteiger partial charge is 0.469 e. The van der Waals surface area contributed by atoms with Gasteiger partial charge in [0.2, 0.25) is 11.9 Å². The molecule has 1 saturated heterocycles. The number of nitrogen functional groups attached to an aromatic ring is 1. The van der Waals surface area contributed by atoms with E-state index in [0.29, 0.717) is 11.5 Å². The second-order valence-corrected chi connectivity index (χ2v) is 4.15. The molecule has 0 radical (unpaired) electrons. The number of aromatic nitrogens is 2. The predicted molar refractivity (Wildman–Crippen MR) is 63.7 cm³/mol. The van der Waals surface area contributed by atoms with Gasteiger partial charge in [-0.15, -0.1) is 0 Å². The van der Waals surface area contributed by atoms with E-state index in [1.165, 1.54) is 12.0 Å². The Hall–Kier alpha value is -2.18. The molecule has 96 valence electrons. The Morgan fingerprint density at radius 1 is 1.56 bits per heavy atom. The fraction of sp³-hybridized carbons (Fsp3) is 0.455.